The first-order valence-electron chi connectivity index (χ1n) is 7.63. The average molecular weight is 322 g/mol. The molecule has 2 aromatic carbocycles. The van der Waals surface area contributed by atoms with Crippen LogP contribution in [0.4, 0.5) is 0 Å². The van der Waals surface area contributed by atoms with Crippen LogP contribution in [0.2, 0.25) is 0 Å². The topological polar surface area (TPSA) is 80.0 Å². The van der Waals surface area contributed by atoms with Crippen molar-refractivity contribution in [3.63, 3.8) is 0 Å². The first kappa shape index (κ1) is 15.9. The Hall–Kier alpha value is -2.99. The van der Waals surface area contributed by atoms with Crippen LogP contribution >= 0.6 is 0 Å². The van der Waals surface area contributed by atoms with E-state index < -0.39 is 6.10 Å². The van der Waals surface area contributed by atoms with Crippen molar-refractivity contribution < 1.29 is 9.90 Å². The van der Waals surface area contributed by atoms with Crippen molar-refractivity contribution in [3.05, 3.63) is 77.6 Å². The van der Waals surface area contributed by atoms with Gasteiger partial charge in [0.05, 0.1) is 24.2 Å². The van der Waals surface area contributed by atoms with E-state index in [9.17, 15) is 9.90 Å². The Bertz CT molecular complexity index is 813. The van der Waals surface area contributed by atoms with Gasteiger partial charge in [-0.05, 0) is 36.8 Å². The van der Waals surface area contributed by atoms with Crippen LogP contribution in [0.1, 0.15) is 27.6 Å². The summed E-state index contributed by atoms with van der Waals surface area (Å²) in [7, 11) is 0. The molecule has 24 heavy (non-hydrogen) atoms. The number of benzene rings is 2. The molecule has 6 nitrogen and oxygen atoms in total. The molecule has 3 rings (SSSR count). The van der Waals surface area contributed by atoms with Gasteiger partial charge in [-0.2, -0.15) is 0 Å². The molecule has 0 aliphatic heterocycles. The standard InChI is InChI=1S/C18H18N4O2/c1-13-3-2-4-15(11-13)17(23)12-19-18(24)14-5-7-16(8-6-14)22-10-9-20-21-22/h2-11,17,23H,12H2,1H3,(H,19,24). The second-order valence-electron chi connectivity index (χ2n) is 5.53. The number of rotatable bonds is 5. The molecule has 6 heteroatoms. The number of aromatic nitrogens is 3. The highest BCUT2D eigenvalue weighted by atomic mass is 16.3. The van der Waals surface area contributed by atoms with Gasteiger partial charge in [-0.1, -0.05) is 35.0 Å². The molecule has 0 radical (unpaired) electrons. The number of hydrogen-bond donors (Lipinski definition) is 2. The number of nitrogens with zero attached hydrogens (tertiary/aromatic N) is 3. The number of aryl methyl sites for hydroxylation is 1. The lowest BCUT2D eigenvalue weighted by molar-refractivity contribution is 0.0916. The van der Waals surface area contributed by atoms with E-state index in [0.717, 1.165) is 16.8 Å². The first-order valence-corrected chi connectivity index (χ1v) is 7.63. The van der Waals surface area contributed by atoms with Gasteiger partial charge in [0.2, 0.25) is 0 Å². The number of aliphatic hydroxyl groups excluding tert-OH is 1. The summed E-state index contributed by atoms with van der Waals surface area (Å²) in [6.45, 7) is 2.12. The van der Waals surface area contributed by atoms with Gasteiger partial charge in [-0.15, -0.1) is 5.10 Å². The minimum Gasteiger partial charge on any atom is -0.387 e. The Morgan fingerprint density at radius 3 is 2.71 bits per heavy atom. The molecule has 0 bridgehead atoms. The quantitative estimate of drug-likeness (QED) is 0.753. The third kappa shape index (κ3) is 3.67. The van der Waals surface area contributed by atoms with Gasteiger partial charge in [0, 0.05) is 12.1 Å². The number of aliphatic hydroxyl groups is 1. The van der Waals surface area contributed by atoms with E-state index in [1.165, 1.54) is 0 Å². The fourth-order valence-corrected chi connectivity index (χ4v) is 2.40. The van der Waals surface area contributed by atoms with Gasteiger partial charge in [0.25, 0.3) is 5.91 Å². The van der Waals surface area contributed by atoms with E-state index >= 15 is 0 Å². The summed E-state index contributed by atoms with van der Waals surface area (Å²) in [5.74, 6) is -0.230. The maximum absolute atomic E-state index is 12.2. The van der Waals surface area contributed by atoms with Crippen LogP contribution in [0.15, 0.2) is 60.9 Å². The molecule has 2 N–H and O–H groups in total. The van der Waals surface area contributed by atoms with Crippen LogP contribution < -0.4 is 5.32 Å². The zero-order chi connectivity index (χ0) is 16.9. The molecule has 0 aliphatic carbocycles. The highest BCUT2D eigenvalue weighted by Crippen LogP contribution is 2.14. The normalized spacial score (nSPS) is 11.9. The number of nitrogens with one attached hydrogen (secondary N) is 1. The van der Waals surface area contributed by atoms with E-state index in [0.29, 0.717) is 5.56 Å². The average Bonchev–Trinajstić information content (AvgIpc) is 3.14. The molecular formula is C18H18N4O2. The second kappa shape index (κ2) is 7.06. The summed E-state index contributed by atoms with van der Waals surface area (Å²) in [6, 6.07) is 14.6. The minimum absolute atomic E-state index is 0.160. The summed E-state index contributed by atoms with van der Waals surface area (Å²) < 4.78 is 1.61. The van der Waals surface area contributed by atoms with Crippen LogP contribution in [0.3, 0.4) is 0 Å². The maximum Gasteiger partial charge on any atom is 0.251 e. The van der Waals surface area contributed by atoms with Gasteiger partial charge >= 0.3 is 0 Å². The van der Waals surface area contributed by atoms with Crippen LogP contribution in [0, 0.1) is 6.92 Å². The summed E-state index contributed by atoms with van der Waals surface area (Å²) in [6.07, 6.45) is 2.59. The molecule has 1 unspecified atom stereocenters. The van der Waals surface area contributed by atoms with Crippen molar-refractivity contribution in [2.75, 3.05) is 6.54 Å². The Kier molecular flexibility index (Phi) is 4.67. The van der Waals surface area contributed by atoms with Crippen molar-refractivity contribution >= 4 is 5.91 Å². The van der Waals surface area contributed by atoms with Gasteiger partial charge in [-0.25, -0.2) is 4.68 Å². The second-order valence-corrected chi connectivity index (χ2v) is 5.53. The Morgan fingerprint density at radius 1 is 1.25 bits per heavy atom. The molecule has 122 valence electrons. The summed E-state index contributed by atoms with van der Waals surface area (Å²) >= 11 is 0. The lowest BCUT2D eigenvalue weighted by Crippen LogP contribution is -2.28. The molecule has 0 aliphatic rings. The van der Waals surface area contributed by atoms with E-state index in [2.05, 4.69) is 15.6 Å². The first-order chi connectivity index (χ1) is 11.6. The SMILES string of the molecule is Cc1cccc(C(O)CNC(=O)c2ccc(-n3ccnn3)cc2)c1. The summed E-state index contributed by atoms with van der Waals surface area (Å²) in [4.78, 5) is 12.2. The Morgan fingerprint density at radius 2 is 2.04 bits per heavy atom. The molecular weight excluding hydrogens is 304 g/mol. The molecule has 1 aromatic heterocycles. The molecule has 1 atom stereocenters. The van der Waals surface area contributed by atoms with E-state index in [1.54, 1.807) is 41.3 Å². The van der Waals surface area contributed by atoms with Gasteiger partial charge in [-0.3, -0.25) is 4.79 Å². The molecule has 0 saturated carbocycles. The number of carbonyl (C=O) groups excluding carboxylic acids is 1. The van der Waals surface area contributed by atoms with Crippen LogP contribution in [-0.2, 0) is 0 Å². The lowest BCUT2D eigenvalue weighted by atomic mass is 10.1. The minimum atomic E-state index is -0.733. The third-order valence-corrected chi connectivity index (χ3v) is 3.70. The van der Waals surface area contributed by atoms with Crippen molar-refractivity contribution in [3.8, 4) is 5.69 Å². The number of amides is 1. The zero-order valence-corrected chi connectivity index (χ0v) is 13.3. The lowest BCUT2D eigenvalue weighted by Gasteiger charge is -2.13. The fraction of sp³-hybridized carbons (Fsp3) is 0.167. The summed E-state index contributed by atoms with van der Waals surface area (Å²) in [5, 5.41) is 20.6. The van der Waals surface area contributed by atoms with Crippen molar-refractivity contribution in [2.24, 2.45) is 0 Å². The molecule has 1 heterocycles. The largest absolute Gasteiger partial charge is 0.387 e. The molecule has 3 aromatic rings. The Labute approximate surface area is 139 Å². The van der Waals surface area contributed by atoms with E-state index in [-0.39, 0.29) is 12.5 Å². The predicted octanol–water partition coefficient (Wildman–Crippen LogP) is 2.04. The van der Waals surface area contributed by atoms with Gasteiger partial charge < -0.3 is 10.4 Å². The predicted molar refractivity (Wildman–Crippen MR) is 89.8 cm³/mol. The molecule has 1 amide bonds. The highest BCUT2D eigenvalue weighted by molar-refractivity contribution is 5.94. The van der Waals surface area contributed by atoms with Gasteiger partial charge in [0.1, 0.15) is 0 Å². The highest BCUT2D eigenvalue weighted by Gasteiger charge is 2.11. The van der Waals surface area contributed by atoms with E-state index in [1.807, 2.05) is 31.2 Å². The maximum atomic E-state index is 12.2. The zero-order valence-electron chi connectivity index (χ0n) is 13.3. The smallest absolute Gasteiger partial charge is 0.251 e. The van der Waals surface area contributed by atoms with Crippen LogP contribution in [-0.4, -0.2) is 32.6 Å². The van der Waals surface area contributed by atoms with Gasteiger partial charge in [0.15, 0.2) is 0 Å². The summed E-state index contributed by atoms with van der Waals surface area (Å²) in [5.41, 5.74) is 3.21. The third-order valence-electron chi connectivity index (χ3n) is 3.70. The molecule has 0 fully saturated rings. The van der Waals surface area contributed by atoms with Crippen molar-refractivity contribution in [2.45, 2.75) is 13.0 Å². The molecule has 0 saturated heterocycles. The van der Waals surface area contributed by atoms with E-state index in [4.69, 9.17) is 0 Å². The monoisotopic (exact) mass is 322 g/mol. The fourth-order valence-electron chi connectivity index (χ4n) is 2.40. The van der Waals surface area contributed by atoms with Crippen LogP contribution in [0.5, 0.6) is 0 Å². The number of hydrogen-bond acceptors (Lipinski definition) is 4. The number of carbonyl (C=O) groups is 1. The molecule has 0 spiro atoms. The van der Waals surface area contributed by atoms with Crippen molar-refractivity contribution in [1.29, 1.82) is 0 Å². The van der Waals surface area contributed by atoms with Crippen molar-refractivity contribution in [1.82, 2.24) is 20.3 Å². The Balaban J connectivity index is 1.60. The van der Waals surface area contributed by atoms with Crippen LogP contribution in [0.25, 0.3) is 5.69 Å².